The molecule has 3 aromatic rings. The van der Waals surface area contributed by atoms with Crippen LogP contribution in [0.3, 0.4) is 0 Å². The van der Waals surface area contributed by atoms with Crippen molar-refractivity contribution < 1.29 is 9.59 Å². The minimum atomic E-state index is -0.201. The summed E-state index contributed by atoms with van der Waals surface area (Å²) in [5, 5.41) is 12.0. The van der Waals surface area contributed by atoms with Gasteiger partial charge in [0.2, 0.25) is 0 Å². The molecule has 1 aromatic carbocycles. The topological polar surface area (TPSA) is 75.8 Å². The number of halogens is 1. The first-order chi connectivity index (χ1) is 25.9. The average Bonchev–Trinajstić information content (AvgIpc) is 3.56. The molecule has 0 saturated carbocycles. The van der Waals surface area contributed by atoms with E-state index in [0.29, 0.717) is 35.7 Å². The zero-order chi connectivity index (χ0) is 41.0. The first kappa shape index (κ1) is 48.0. The van der Waals surface area contributed by atoms with Crippen LogP contribution in [0.25, 0.3) is 11.6 Å². The monoisotopic (exact) mass is 754 g/mol. The summed E-state index contributed by atoms with van der Waals surface area (Å²) in [6, 6.07) is 12.2. The van der Waals surface area contributed by atoms with Crippen LogP contribution in [-0.2, 0) is 17.8 Å². The number of benzene rings is 1. The molecule has 0 bridgehead atoms. The molecule has 0 radical (unpaired) electrons. The van der Waals surface area contributed by atoms with E-state index in [1.807, 2.05) is 54.5 Å². The molecule has 0 fully saturated rings. The largest absolute Gasteiger partial charge is 0.343 e. The molecule has 0 saturated heterocycles. The molecule has 0 aliphatic heterocycles. The molecule has 5 nitrogen and oxygen atoms in total. The van der Waals surface area contributed by atoms with Gasteiger partial charge in [0.25, 0.3) is 0 Å². The van der Waals surface area contributed by atoms with Gasteiger partial charge in [-0.25, -0.2) is 0 Å². The number of aromatic nitrogens is 2. The number of nitrogens with zero attached hydrogens (tertiary/aromatic N) is 3. The number of hydrogen-bond donors (Lipinski definition) is 0. The summed E-state index contributed by atoms with van der Waals surface area (Å²) in [7, 11) is 0. The Balaban J connectivity index is 0.00000352. The standard InChI is InChI=1S/C44H56ClN3O2.2C2H6/c1-10-14-30(7)23-40(43-41(45)25-34(26-46)27-47-43)39-21-22-48(42(39)16-12-3)28-33-17-19-38(35(13-4)24-33)44(50)32(9)31(8)37(29(5)6)20-18-36(49)15-11-2;2*1-2/h16-17,19,21-25,27,31-32,37H,5,10-15,18,20,28H2,1-4,6-9H3;2*1-2H3/b30-23+,40-39+,42-16+;;. The Kier molecular flexibility index (Phi) is 22.4. The van der Waals surface area contributed by atoms with Crippen molar-refractivity contribution in [1.82, 2.24) is 9.55 Å². The lowest BCUT2D eigenvalue weighted by atomic mass is 9.74. The van der Waals surface area contributed by atoms with Crippen molar-refractivity contribution in [3.05, 3.63) is 110 Å². The Morgan fingerprint density at radius 3 is 2.20 bits per heavy atom. The van der Waals surface area contributed by atoms with Crippen LogP contribution in [0.2, 0.25) is 5.02 Å². The summed E-state index contributed by atoms with van der Waals surface area (Å²) in [6.45, 7) is 29.6. The molecule has 3 atom stereocenters. The highest BCUT2D eigenvalue weighted by atomic mass is 35.5. The fourth-order valence-corrected chi connectivity index (χ4v) is 7.21. The summed E-state index contributed by atoms with van der Waals surface area (Å²) in [5.41, 5.74) is 7.23. The Hall–Kier alpha value is -4.01. The van der Waals surface area contributed by atoms with Crippen LogP contribution >= 0.6 is 11.6 Å². The lowest BCUT2D eigenvalue weighted by molar-refractivity contribution is -0.119. The van der Waals surface area contributed by atoms with Crippen molar-refractivity contribution in [2.24, 2.45) is 17.8 Å². The third-order valence-corrected chi connectivity index (χ3v) is 10.1. The predicted molar refractivity (Wildman–Crippen MR) is 231 cm³/mol. The quantitative estimate of drug-likeness (QED) is 0.0957. The molecule has 0 N–H and O–H groups in total. The van der Waals surface area contributed by atoms with Crippen molar-refractivity contribution in [1.29, 1.82) is 5.26 Å². The lowest BCUT2D eigenvalue weighted by Gasteiger charge is -2.29. The molecule has 54 heavy (non-hydrogen) atoms. The van der Waals surface area contributed by atoms with E-state index < -0.39 is 0 Å². The number of rotatable bonds is 18. The number of carbonyl (C=O) groups is 2. The third-order valence-electron chi connectivity index (χ3n) is 9.86. The summed E-state index contributed by atoms with van der Waals surface area (Å²) in [6.07, 6.45) is 14.4. The van der Waals surface area contributed by atoms with Crippen LogP contribution in [0.4, 0.5) is 0 Å². The average molecular weight is 755 g/mol. The van der Waals surface area contributed by atoms with Crippen LogP contribution < -0.4 is 10.6 Å². The van der Waals surface area contributed by atoms with Crippen molar-refractivity contribution in [3.63, 3.8) is 0 Å². The highest BCUT2D eigenvalue weighted by Gasteiger charge is 2.30. The van der Waals surface area contributed by atoms with E-state index in [4.69, 9.17) is 11.6 Å². The van der Waals surface area contributed by atoms with Gasteiger partial charge < -0.3 is 4.57 Å². The van der Waals surface area contributed by atoms with E-state index >= 15 is 0 Å². The van der Waals surface area contributed by atoms with Gasteiger partial charge in [-0.2, -0.15) is 5.26 Å². The van der Waals surface area contributed by atoms with Gasteiger partial charge in [0.15, 0.2) is 5.78 Å². The normalized spacial score (nSPS) is 13.7. The smallest absolute Gasteiger partial charge is 0.166 e. The van der Waals surface area contributed by atoms with E-state index in [1.165, 1.54) is 5.57 Å². The SMILES string of the molecule is C=C(C)C(CCC(=O)CCC)C(C)C(C)C(=O)c1ccc(Cn2ccc(=C(/C=C(\C)CCC)c3ncc(C#N)cc3Cl)/c2=C\CC)cc1CC.CC.CC. The van der Waals surface area contributed by atoms with E-state index in [-0.39, 0.29) is 29.3 Å². The second kappa shape index (κ2) is 25.1. The van der Waals surface area contributed by atoms with Crippen LogP contribution in [0.15, 0.2) is 66.5 Å². The third kappa shape index (κ3) is 13.4. The minimum absolute atomic E-state index is 0.0730. The number of Topliss-reactive ketones (excluding diaryl/α,β-unsaturated/α-hetero) is 2. The van der Waals surface area contributed by atoms with Gasteiger partial charge in [-0.3, -0.25) is 14.6 Å². The fourth-order valence-electron chi connectivity index (χ4n) is 6.94. The number of hydrogen-bond acceptors (Lipinski definition) is 4. The number of pyridine rings is 1. The maximum atomic E-state index is 14.0. The van der Waals surface area contributed by atoms with Crippen LogP contribution in [0, 0.1) is 29.1 Å². The zero-order valence-electron chi connectivity index (χ0n) is 35.5. The Bertz CT molecular complexity index is 1870. The Morgan fingerprint density at radius 2 is 1.65 bits per heavy atom. The lowest BCUT2D eigenvalue weighted by Crippen LogP contribution is -2.31. The molecule has 6 heteroatoms. The highest BCUT2D eigenvalue weighted by molar-refractivity contribution is 6.32. The Morgan fingerprint density at radius 1 is 0.981 bits per heavy atom. The Labute approximate surface area is 332 Å². The highest BCUT2D eigenvalue weighted by Crippen LogP contribution is 2.33. The molecule has 0 spiro atoms. The van der Waals surface area contributed by atoms with Gasteiger partial charge in [0.05, 0.1) is 16.3 Å². The predicted octanol–water partition coefficient (Wildman–Crippen LogP) is 12.0. The van der Waals surface area contributed by atoms with Crippen LogP contribution in [0.1, 0.15) is 161 Å². The number of nitriles is 1. The van der Waals surface area contributed by atoms with Crippen molar-refractivity contribution >= 4 is 34.8 Å². The van der Waals surface area contributed by atoms with E-state index in [0.717, 1.165) is 76.9 Å². The van der Waals surface area contributed by atoms with Gasteiger partial charge in [-0.15, -0.1) is 0 Å². The first-order valence-electron chi connectivity index (χ1n) is 20.4. The molecule has 2 aromatic heterocycles. The van der Waals surface area contributed by atoms with Gasteiger partial charge in [0, 0.05) is 59.4 Å². The number of carbonyl (C=O) groups excluding carboxylic acids is 2. The zero-order valence-corrected chi connectivity index (χ0v) is 36.3. The molecular formula is C48H68ClN3O2. The summed E-state index contributed by atoms with van der Waals surface area (Å²) in [5.74, 6) is 0.425. The van der Waals surface area contributed by atoms with E-state index in [2.05, 4.69) is 93.4 Å². The molecule has 3 rings (SSSR count). The van der Waals surface area contributed by atoms with Gasteiger partial charge in [0.1, 0.15) is 11.9 Å². The maximum absolute atomic E-state index is 14.0. The van der Waals surface area contributed by atoms with E-state index in [1.54, 1.807) is 12.3 Å². The minimum Gasteiger partial charge on any atom is -0.343 e. The number of allylic oxidation sites excluding steroid dienone is 3. The second-order valence-corrected chi connectivity index (χ2v) is 14.2. The molecular weight excluding hydrogens is 686 g/mol. The summed E-state index contributed by atoms with van der Waals surface area (Å²) in [4.78, 5) is 31.0. The number of ketones is 2. The molecule has 0 aliphatic rings. The van der Waals surface area contributed by atoms with Gasteiger partial charge in [-0.05, 0) is 81.0 Å². The summed E-state index contributed by atoms with van der Waals surface area (Å²) >= 11 is 6.74. The van der Waals surface area contributed by atoms with Crippen molar-refractivity contribution in [2.45, 2.75) is 141 Å². The van der Waals surface area contributed by atoms with Crippen molar-refractivity contribution in [3.8, 4) is 6.07 Å². The van der Waals surface area contributed by atoms with Gasteiger partial charge in [-0.1, -0.05) is 135 Å². The maximum Gasteiger partial charge on any atom is 0.166 e. The van der Waals surface area contributed by atoms with E-state index in [9.17, 15) is 14.9 Å². The fraction of sp³-hybridized carbons (Fsp3) is 0.500. The molecule has 2 heterocycles. The van der Waals surface area contributed by atoms with Gasteiger partial charge >= 0.3 is 0 Å². The molecule has 3 unspecified atom stereocenters. The molecule has 294 valence electrons. The van der Waals surface area contributed by atoms with Crippen LogP contribution in [0.5, 0.6) is 0 Å². The first-order valence-corrected chi connectivity index (χ1v) is 20.7. The van der Waals surface area contributed by atoms with Crippen molar-refractivity contribution in [2.75, 3.05) is 0 Å². The van der Waals surface area contributed by atoms with Crippen LogP contribution in [-0.4, -0.2) is 21.1 Å². The molecule has 0 amide bonds. The number of aryl methyl sites for hydroxylation is 1. The summed E-state index contributed by atoms with van der Waals surface area (Å²) < 4.78 is 2.25. The second-order valence-electron chi connectivity index (χ2n) is 13.8. The molecule has 0 aliphatic carbocycles.